The van der Waals surface area contributed by atoms with E-state index in [9.17, 15) is 22.4 Å². The number of rotatable bonds is 10. The molecule has 1 saturated carbocycles. The van der Waals surface area contributed by atoms with Crippen molar-refractivity contribution in [3.05, 3.63) is 65.0 Å². The lowest BCUT2D eigenvalue weighted by atomic mass is 10.1. The number of nitrogens with one attached hydrogen (secondary N) is 1. The second-order valence-electron chi connectivity index (χ2n) is 9.87. The molecule has 0 heterocycles. The van der Waals surface area contributed by atoms with Crippen LogP contribution in [0.3, 0.4) is 0 Å². The monoisotopic (exact) mass is 532 g/mol. The lowest BCUT2D eigenvalue weighted by Crippen LogP contribution is -2.53. The minimum Gasteiger partial charge on any atom is -0.352 e. The third-order valence-corrected chi connectivity index (χ3v) is 8.63. The normalized spacial score (nSPS) is 15.0. The van der Waals surface area contributed by atoms with E-state index in [0.29, 0.717) is 11.3 Å². The van der Waals surface area contributed by atoms with Crippen LogP contribution in [0.25, 0.3) is 0 Å². The van der Waals surface area contributed by atoms with Gasteiger partial charge in [0.2, 0.25) is 11.8 Å². The van der Waals surface area contributed by atoms with Crippen LogP contribution in [-0.2, 0) is 26.3 Å². The molecule has 0 saturated heterocycles. The van der Waals surface area contributed by atoms with Crippen LogP contribution in [0.4, 0.5) is 10.1 Å². The van der Waals surface area contributed by atoms with Crippen molar-refractivity contribution in [2.45, 2.75) is 65.1 Å². The Morgan fingerprint density at radius 3 is 2.35 bits per heavy atom. The zero-order chi connectivity index (χ0) is 27.3. The first-order valence-electron chi connectivity index (χ1n) is 12.5. The average Bonchev–Trinajstić information content (AvgIpc) is 3.36. The lowest BCUT2D eigenvalue weighted by molar-refractivity contribution is -0.139. The SMILES string of the molecule is Cc1ccc(C)c(N(CC(=O)N(Cc2ccccc2F)C(C)C(=O)NC2CCCC2)S(=O)(=O)N(C)C)c1. The molecule has 1 unspecified atom stereocenters. The Kier molecular flexibility index (Phi) is 9.31. The maximum Gasteiger partial charge on any atom is 0.304 e. The first-order valence-corrected chi connectivity index (χ1v) is 13.9. The molecule has 202 valence electrons. The van der Waals surface area contributed by atoms with Crippen molar-refractivity contribution < 1.29 is 22.4 Å². The van der Waals surface area contributed by atoms with E-state index in [1.54, 1.807) is 44.2 Å². The summed E-state index contributed by atoms with van der Waals surface area (Å²) in [5.74, 6) is -1.45. The van der Waals surface area contributed by atoms with E-state index >= 15 is 0 Å². The minimum absolute atomic E-state index is 0.0425. The van der Waals surface area contributed by atoms with E-state index in [0.717, 1.165) is 39.9 Å². The number of aryl methyl sites for hydroxylation is 2. The Morgan fingerprint density at radius 2 is 1.73 bits per heavy atom. The number of nitrogens with zero attached hydrogens (tertiary/aromatic N) is 3. The van der Waals surface area contributed by atoms with Crippen molar-refractivity contribution in [3.63, 3.8) is 0 Å². The highest BCUT2D eigenvalue weighted by atomic mass is 32.2. The van der Waals surface area contributed by atoms with Gasteiger partial charge in [0.25, 0.3) is 0 Å². The Hall–Kier alpha value is -2.98. The van der Waals surface area contributed by atoms with Crippen molar-refractivity contribution in [2.24, 2.45) is 0 Å². The number of anilines is 1. The van der Waals surface area contributed by atoms with E-state index < -0.39 is 34.5 Å². The van der Waals surface area contributed by atoms with Gasteiger partial charge in [-0.1, -0.05) is 43.2 Å². The third-order valence-electron chi connectivity index (χ3n) is 6.82. The van der Waals surface area contributed by atoms with Crippen LogP contribution in [0.1, 0.15) is 49.3 Å². The molecule has 0 aromatic heterocycles. The van der Waals surface area contributed by atoms with Crippen LogP contribution in [0.15, 0.2) is 42.5 Å². The summed E-state index contributed by atoms with van der Waals surface area (Å²) in [6, 6.07) is 10.5. The smallest absolute Gasteiger partial charge is 0.304 e. The molecule has 0 radical (unpaired) electrons. The molecule has 2 aromatic carbocycles. The highest BCUT2D eigenvalue weighted by Crippen LogP contribution is 2.26. The predicted octanol–water partition coefficient (Wildman–Crippen LogP) is 3.53. The number of halogens is 1. The highest BCUT2D eigenvalue weighted by molar-refractivity contribution is 7.90. The largest absolute Gasteiger partial charge is 0.352 e. The molecule has 0 spiro atoms. The minimum atomic E-state index is -4.06. The van der Waals surface area contributed by atoms with E-state index in [2.05, 4.69) is 5.32 Å². The summed E-state index contributed by atoms with van der Waals surface area (Å²) in [6.07, 6.45) is 3.82. The first kappa shape index (κ1) is 28.6. The molecular weight excluding hydrogens is 495 g/mol. The van der Waals surface area contributed by atoms with E-state index in [1.165, 1.54) is 25.1 Å². The van der Waals surface area contributed by atoms with Gasteiger partial charge in [0, 0.05) is 32.2 Å². The quantitative estimate of drug-likeness (QED) is 0.507. The van der Waals surface area contributed by atoms with Gasteiger partial charge in [-0.25, -0.2) is 8.70 Å². The number of benzene rings is 2. The molecular formula is C27H37FN4O4S. The van der Waals surface area contributed by atoms with Crippen LogP contribution in [0.2, 0.25) is 0 Å². The maximum absolute atomic E-state index is 14.6. The summed E-state index contributed by atoms with van der Waals surface area (Å²) >= 11 is 0. The Bertz CT molecular complexity index is 1230. The molecule has 1 fully saturated rings. The summed E-state index contributed by atoms with van der Waals surface area (Å²) in [5, 5.41) is 3.00. The molecule has 3 rings (SSSR count). The Labute approximate surface area is 219 Å². The van der Waals surface area contributed by atoms with Crippen molar-refractivity contribution >= 4 is 27.7 Å². The van der Waals surface area contributed by atoms with E-state index in [-0.39, 0.29) is 24.1 Å². The van der Waals surface area contributed by atoms with Gasteiger partial charge in [0.15, 0.2) is 0 Å². The zero-order valence-electron chi connectivity index (χ0n) is 22.2. The van der Waals surface area contributed by atoms with E-state index in [1.807, 2.05) is 13.0 Å². The van der Waals surface area contributed by atoms with E-state index in [4.69, 9.17) is 0 Å². The topological polar surface area (TPSA) is 90.0 Å². The second kappa shape index (κ2) is 12.0. The van der Waals surface area contributed by atoms with Crippen molar-refractivity contribution in [3.8, 4) is 0 Å². The number of carbonyl (C=O) groups is 2. The van der Waals surface area contributed by atoms with Crippen LogP contribution in [-0.4, -0.2) is 62.2 Å². The average molecular weight is 533 g/mol. The molecule has 2 aromatic rings. The zero-order valence-corrected chi connectivity index (χ0v) is 23.0. The molecule has 1 atom stereocenters. The molecule has 1 N–H and O–H groups in total. The number of hydrogen-bond donors (Lipinski definition) is 1. The summed E-state index contributed by atoms with van der Waals surface area (Å²) in [4.78, 5) is 28.2. The van der Waals surface area contributed by atoms with Crippen molar-refractivity contribution in [1.29, 1.82) is 0 Å². The molecule has 8 nitrogen and oxygen atoms in total. The van der Waals surface area contributed by atoms with Gasteiger partial charge in [0.1, 0.15) is 18.4 Å². The van der Waals surface area contributed by atoms with Gasteiger partial charge in [-0.15, -0.1) is 0 Å². The number of hydrogen-bond acceptors (Lipinski definition) is 4. The molecule has 0 bridgehead atoms. The summed E-state index contributed by atoms with van der Waals surface area (Å²) < 4.78 is 43.3. The van der Waals surface area contributed by atoms with Gasteiger partial charge in [-0.2, -0.15) is 12.7 Å². The number of carbonyl (C=O) groups excluding carboxylic acids is 2. The van der Waals surface area contributed by atoms with Gasteiger partial charge < -0.3 is 10.2 Å². The van der Waals surface area contributed by atoms with Gasteiger partial charge in [0.05, 0.1) is 5.69 Å². The summed E-state index contributed by atoms with van der Waals surface area (Å²) in [7, 11) is -1.27. The fourth-order valence-corrected chi connectivity index (χ4v) is 5.59. The van der Waals surface area contributed by atoms with Crippen molar-refractivity contribution in [1.82, 2.24) is 14.5 Å². The molecule has 1 aliphatic rings. The highest BCUT2D eigenvalue weighted by Gasteiger charge is 2.34. The standard InChI is InChI=1S/C27H37FN4O4S/c1-19-14-15-20(2)25(16-19)32(37(35,36)30(4)5)18-26(33)31(17-22-10-6-9-13-24(22)28)21(3)27(34)29-23-11-7-8-12-23/h6,9-10,13-16,21,23H,7-8,11-12,17-18H2,1-5H3,(H,29,34). The Balaban J connectivity index is 1.97. The fraction of sp³-hybridized carbons (Fsp3) is 0.481. The van der Waals surface area contributed by atoms with Crippen LogP contribution < -0.4 is 9.62 Å². The van der Waals surface area contributed by atoms with Crippen LogP contribution in [0.5, 0.6) is 0 Å². The second-order valence-corrected chi connectivity index (χ2v) is 11.9. The van der Waals surface area contributed by atoms with Gasteiger partial charge >= 0.3 is 10.2 Å². The molecule has 37 heavy (non-hydrogen) atoms. The van der Waals surface area contributed by atoms with Crippen molar-refractivity contribution in [2.75, 3.05) is 24.9 Å². The lowest BCUT2D eigenvalue weighted by Gasteiger charge is -2.33. The fourth-order valence-electron chi connectivity index (χ4n) is 4.47. The molecule has 10 heteroatoms. The molecule has 0 aliphatic heterocycles. The molecule has 2 amide bonds. The molecule has 1 aliphatic carbocycles. The van der Waals surface area contributed by atoms with Gasteiger partial charge in [-0.3, -0.25) is 9.59 Å². The summed E-state index contributed by atoms with van der Waals surface area (Å²) in [5.41, 5.74) is 2.12. The first-order chi connectivity index (χ1) is 17.4. The maximum atomic E-state index is 14.6. The Morgan fingerprint density at radius 1 is 1.08 bits per heavy atom. The third kappa shape index (κ3) is 6.87. The summed E-state index contributed by atoms with van der Waals surface area (Å²) in [6.45, 7) is 4.48. The van der Waals surface area contributed by atoms with Crippen LogP contribution in [0, 0.1) is 19.7 Å². The van der Waals surface area contributed by atoms with Crippen LogP contribution >= 0.6 is 0 Å². The van der Waals surface area contributed by atoms with Gasteiger partial charge in [-0.05, 0) is 56.9 Å². The number of amides is 2. The predicted molar refractivity (Wildman–Crippen MR) is 143 cm³/mol.